The molecule has 0 aliphatic carbocycles. The largest absolute Gasteiger partial charge is 0.286 e. The van der Waals surface area contributed by atoms with Crippen LogP contribution in [0, 0.1) is 5.92 Å². The molecule has 14 heavy (non-hydrogen) atoms. The summed E-state index contributed by atoms with van der Waals surface area (Å²) >= 11 is 0. The van der Waals surface area contributed by atoms with Gasteiger partial charge in [-0.3, -0.25) is 4.79 Å². The van der Waals surface area contributed by atoms with E-state index >= 15 is 0 Å². The number of carbonyl (C=O) groups excluding carboxylic acids is 1. The second-order valence-electron chi connectivity index (χ2n) is 3.87. The van der Waals surface area contributed by atoms with Crippen LogP contribution in [0.2, 0.25) is 0 Å². The van der Waals surface area contributed by atoms with Crippen molar-refractivity contribution < 1.29 is 4.79 Å². The Bertz CT molecular complexity index is 149. The summed E-state index contributed by atoms with van der Waals surface area (Å²) in [5, 5.41) is 0. The molecule has 0 spiro atoms. The van der Waals surface area contributed by atoms with Gasteiger partial charge in [-0.25, -0.2) is 0 Å². The number of rotatable bonds is 9. The molecule has 0 saturated carbocycles. The van der Waals surface area contributed by atoms with Crippen molar-refractivity contribution in [3.63, 3.8) is 0 Å². The van der Waals surface area contributed by atoms with Gasteiger partial charge in [0.2, 0.25) is 6.29 Å². The highest BCUT2D eigenvalue weighted by atomic mass is 16.1. The van der Waals surface area contributed by atoms with Crippen LogP contribution >= 0.6 is 0 Å². The van der Waals surface area contributed by atoms with Crippen molar-refractivity contribution >= 4 is 6.29 Å². The summed E-state index contributed by atoms with van der Waals surface area (Å²) in [4.78, 5) is 9.89. The van der Waals surface area contributed by atoms with Crippen LogP contribution in [0.1, 0.15) is 58.8 Å². The molecule has 0 fully saturated rings. The van der Waals surface area contributed by atoms with Crippen LogP contribution in [0.5, 0.6) is 0 Å². The van der Waals surface area contributed by atoms with Gasteiger partial charge in [0, 0.05) is 0 Å². The molecular formula is C13H23O. The highest BCUT2D eigenvalue weighted by Gasteiger charge is 2.04. The Morgan fingerprint density at radius 2 is 1.93 bits per heavy atom. The van der Waals surface area contributed by atoms with Crippen LogP contribution < -0.4 is 0 Å². The van der Waals surface area contributed by atoms with E-state index in [1.807, 2.05) is 6.08 Å². The molecule has 0 aromatic carbocycles. The van der Waals surface area contributed by atoms with Crippen molar-refractivity contribution in [2.75, 3.05) is 0 Å². The van der Waals surface area contributed by atoms with E-state index < -0.39 is 0 Å². The molecule has 0 bridgehead atoms. The SMILES string of the molecule is CCCCC(CC)CCCC=C[C]=O. The van der Waals surface area contributed by atoms with E-state index in [0.717, 1.165) is 12.3 Å². The summed E-state index contributed by atoms with van der Waals surface area (Å²) in [5.41, 5.74) is 0. The molecule has 0 aliphatic heterocycles. The quantitative estimate of drug-likeness (QED) is 0.401. The van der Waals surface area contributed by atoms with Gasteiger partial charge in [-0.05, 0) is 24.8 Å². The first kappa shape index (κ1) is 13.4. The van der Waals surface area contributed by atoms with Gasteiger partial charge in [0.25, 0.3) is 0 Å². The van der Waals surface area contributed by atoms with Crippen molar-refractivity contribution in [2.24, 2.45) is 5.92 Å². The molecule has 0 aliphatic rings. The fraction of sp³-hybridized carbons (Fsp3) is 0.769. The predicted molar refractivity (Wildman–Crippen MR) is 62.0 cm³/mol. The highest BCUT2D eigenvalue weighted by Crippen LogP contribution is 2.19. The predicted octanol–water partition coefficient (Wildman–Crippen LogP) is 4.04. The maximum absolute atomic E-state index is 9.89. The summed E-state index contributed by atoms with van der Waals surface area (Å²) in [6, 6.07) is 0. The van der Waals surface area contributed by atoms with E-state index in [0.29, 0.717) is 0 Å². The lowest BCUT2D eigenvalue weighted by Crippen LogP contribution is -1.98. The second-order valence-corrected chi connectivity index (χ2v) is 3.87. The molecule has 0 aromatic rings. The van der Waals surface area contributed by atoms with Crippen molar-refractivity contribution in [3.05, 3.63) is 12.2 Å². The van der Waals surface area contributed by atoms with E-state index in [2.05, 4.69) is 13.8 Å². The first-order valence-electron chi connectivity index (χ1n) is 5.87. The maximum Gasteiger partial charge on any atom is 0.225 e. The lowest BCUT2D eigenvalue weighted by atomic mass is 9.93. The normalized spacial score (nSPS) is 13.3. The topological polar surface area (TPSA) is 17.1 Å². The smallest absolute Gasteiger partial charge is 0.225 e. The summed E-state index contributed by atoms with van der Waals surface area (Å²) in [6.07, 6.45) is 14.0. The molecule has 0 saturated heterocycles. The Hall–Kier alpha value is -0.590. The van der Waals surface area contributed by atoms with Gasteiger partial charge < -0.3 is 0 Å². The third kappa shape index (κ3) is 8.03. The third-order valence-electron chi connectivity index (χ3n) is 2.71. The van der Waals surface area contributed by atoms with Crippen LogP contribution in [0.3, 0.4) is 0 Å². The van der Waals surface area contributed by atoms with Crippen LogP contribution in [0.25, 0.3) is 0 Å². The van der Waals surface area contributed by atoms with Crippen LogP contribution in [-0.2, 0) is 4.79 Å². The Labute approximate surface area is 88.6 Å². The summed E-state index contributed by atoms with van der Waals surface area (Å²) < 4.78 is 0. The molecule has 1 heteroatoms. The molecule has 0 heterocycles. The highest BCUT2D eigenvalue weighted by molar-refractivity contribution is 5.65. The molecule has 0 aromatic heterocycles. The average molecular weight is 195 g/mol. The van der Waals surface area contributed by atoms with Gasteiger partial charge in [0.05, 0.1) is 0 Å². The maximum atomic E-state index is 9.89. The van der Waals surface area contributed by atoms with Gasteiger partial charge in [0.1, 0.15) is 0 Å². The lowest BCUT2D eigenvalue weighted by Gasteiger charge is -2.12. The van der Waals surface area contributed by atoms with Crippen LogP contribution in [0.15, 0.2) is 12.2 Å². The van der Waals surface area contributed by atoms with Crippen molar-refractivity contribution in [3.8, 4) is 0 Å². The number of allylic oxidation sites excluding steroid dienone is 2. The van der Waals surface area contributed by atoms with Crippen LogP contribution in [-0.4, -0.2) is 6.29 Å². The monoisotopic (exact) mass is 195 g/mol. The second kappa shape index (κ2) is 10.5. The zero-order valence-electron chi connectivity index (χ0n) is 9.59. The summed E-state index contributed by atoms with van der Waals surface area (Å²) in [6.45, 7) is 4.52. The zero-order valence-corrected chi connectivity index (χ0v) is 9.59. The standard InChI is InChI=1S/C13H23O/c1-3-5-10-13(4-2)11-8-6-7-9-12-14/h7,9,13H,3-6,8,10-11H2,1-2H3. The first-order valence-corrected chi connectivity index (χ1v) is 5.87. The minimum atomic E-state index is 0.892. The molecule has 1 unspecified atom stereocenters. The average Bonchev–Trinajstić information content (AvgIpc) is 2.22. The molecule has 0 amide bonds. The van der Waals surface area contributed by atoms with Crippen molar-refractivity contribution in [2.45, 2.75) is 58.8 Å². The van der Waals surface area contributed by atoms with Gasteiger partial charge in [-0.1, -0.05) is 52.0 Å². The van der Waals surface area contributed by atoms with Crippen LogP contribution in [0.4, 0.5) is 0 Å². The molecule has 1 nitrogen and oxygen atoms in total. The van der Waals surface area contributed by atoms with E-state index in [1.54, 1.807) is 6.29 Å². The molecule has 0 N–H and O–H groups in total. The van der Waals surface area contributed by atoms with Crippen molar-refractivity contribution in [1.82, 2.24) is 0 Å². The Balaban J connectivity index is 3.41. The third-order valence-corrected chi connectivity index (χ3v) is 2.71. The fourth-order valence-electron chi connectivity index (χ4n) is 1.70. The van der Waals surface area contributed by atoms with E-state index in [1.165, 1.54) is 44.6 Å². The number of unbranched alkanes of at least 4 members (excludes halogenated alkanes) is 2. The molecule has 1 atom stereocenters. The van der Waals surface area contributed by atoms with Crippen molar-refractivity contribution in [1.29, 1.82) is 0 Å². The van der Waals surface area contributed by atoms with Gasteiger partial charge in [-0.15, -0.1) is 0 Å². The molecular weight excluding hydrogens is 172 g/mol. The molecule has 81 valence electrons. The number of hydrogen-bond acceptors (Lipinski definition) is 1. The van der Waals surface area contributed by atoms with E-state index in [9.17, 15) is 4.79 Å². The summed E-state index contributed by atoms with van der Waals surface area (Å²) in [7, 11) is 0. The van der Waals surface area contributed by atoms with Gasteiger partial charge in [-0.2, -0.15) is 0 Å². The summed E-state index contributed by atoms with van der Waals surface area (Å²) in [5.74, 6) is 0.892. The zero-order chi connectivity index (χ0) is 10.6. The first-order chi connectivity index (χ1) is 6.85. The Morgan fingerprint density at radius 3 is 2.50 bits per heavy atom. The Kier molecular flexibility index (Phi) is 10.0. The van der Waals surface area contributed by atoms with E-state index in [-0.39, 0.29) is 0 Å². The minimum Gasteiger partial charge on any atom is -0.286 e. The molecule has 1 radical (unpaired) electrons. The van der Waals surface area contributed by atoms with Gasteiger partial charge >= 0.3 is 0 Å². The minimum absolute atomic E-state index is 0.892. The lowest BCUT2D eigenvalue weighted by molar-refractivity contribution is 0.411. The number of hydrogen-bond donors (Lipinski definition) is 0. The molecule has 0 rings (SSSR count). The fourth-order valence-corrected chi connectivity index (χ4v) is 1.70. The van der Waals surface area contributed by atoms with E-state index in [4.69, 9.17) is 0 Å². The Morgan fingerprint density at radius 1 is 1.21 bits per heavy atom. The van der Waals surface area contributed by atoms with Gasteiger partial charge in [0.15, 0.2) is 0 Å².